The van der Waals surface area contributed by atoms with E-state index in [4.69, 9.17) is 14.7 Å². The smallest absolute Gasteiger partial charge is 0.248 e. The molecule has 0 saturated carbocycles. The van der Waals surface area contributed by atoms with Crippen LogP contribution in [0.15, 0.2) is 30.6 Å². The molecular weight excluding hydrogens is 470 g/mol. The van der Waals surface area contributed by atoms with Crippen molar-refractivity contribution in [2.24, 2.45) is 0 Å². The first-order chi connectivity index (χ1) is 17.4. The van der Waals surface area contributed by atoms with Crippen LogP contribution in [0.2, 0.25) is 0 Å². The van der Waals surface area contributed by atoms with Crippen LogP contribution in [-0.2, 0) is 24.3 Å². The van der Waals surface area contributed by atoms with Crippen molar-refractivity contribution < 1.29 is 23.4 Å². The van der Waals surface area contributed by atoms with E-state index in [1.807, 2.05) is 17.8 Å². The molecule has 0 unspecified atom stereocenters. The first-order valence-electron chi connectivity index (χ1n) is 12.1. The fourth-order valence-electron chi connectivity index (χ4n) is 4.64. The van der Waals surface area contributed by atoms with Gasteiger partial charge in [-0.3, -0.25) is 9.48 Å². The summed E-state index contributed by atoms with van der Waals surface area (Å²) in [5.41, 5.74) is 3.08. The zero-order chi connectivity index (χ0) is 25.2. The van der Waals surface area contributed by atoms with Crippen LogP contribution in [-0.4, -0.2) is 68.0 Å². The highest BCUT2D eigenvalue weighted by atomic mass is 19.1. The number of ether oxygens (including phenoxy) is 1. The number of nitrogens with zero attached hydrogens (tertiary/aromatic N) is 6. The highest BCUT2D eigenvalue weighted by Gasteiger charge is 2.29. The van der Waals surface area contributed by atoms with Crippen molar-refractivity contribution in [1.29, 1.82) is 0 Å². The molecule has 0 bridgehead atoms. The van der Waals surface area contributed by atoms with Gasteiger partial charge >= 0.3 is 0 Å². The monoisotopic (exact) mass is 498 g/mol. The molecule has 11 heteroatoms. The van der Waals surface area contributed by atoms with Crippen molar-refractivity contribution >= 4 is 11.7 Å². The van der Waals surface area contributed by atoms with Crippen LogP contribution in [0.3, 0.4) is 0 Å². The van der Waals surface area contributed by atoms with Crippen LogP contribution < -0.4 is 9.64 Å². The van der Waals surface area contributed by atoms with E-state index in [9.17, 15) is 18.7 Å². The number of benzene rings is 1. The van der Waals surface area contributed by atoms with Crippen molar-refractivity contribution in [1.82, 2.24) is 24.6 Å². The predicted molar refractivity (Wildman–Crippen MR) is 127 cm³/mol. The molecule has 2 aliphatic heterocycles. The van der Waals surface area contributed by atoms with E-state index in [1.165, 1.54) is 12.1 Å². The molecule has 0 atom stereocenters. The van der Waals surface area contributed by atoms with Gasteiger partial charge in [0.05, 0.1) is 24.1 Å². The first kappa shape index (κ1) is 24.1. The lowest BCUT2D eigenvalue weighted by Gasteiger charge is -2.35. The fraction of sp³-hybridized carbons (Fsp3) is 0.440. The molecule has 36 heavy (non-hydrogen) atoms. The molecular formula is C25H28F2N6O3. The van der Waals surface area contributed by atoms with Gasteiger partial charge in [-0.15, -0.1) is 0 Å². The molecule has 190 valence electrons. The SMILES string of the molecule is CCn1cc(-c2nc3c(nc2N2CCC(Oc4ccc(F)cc4F)CC2)CCN(C(=O)CO)C3)cn1. The highest BCUT2D eigenvalue weighted by Crippen LogP contribution is 2.33. The van der Waals surface area contributed by atoms with Crippen molar-refractivity contribution in [3.05, 3.63) is 53.6 Å². The Hall–Kier alpha value is -3.60. The highest BCUT2D eigenvalue weighted by molar-refractivity contribution is 5.77. The van der Waals surface area contributed by atoms with E-state index < -0.39 is 18.2 Å². The summed E-state index contributed by atoms with van der Waals surface area (Å²) in [7, 11) is 0. The van der Waals surface area contributed by atoms with Crippen molar-refractivity contribution in [2.75, 3.05) is 31.1 Å². The number of amides is 1. The van der Waals surface area contributed by atoms with Crippen LogP contribution in [0.25, 0.3) is 11.3 Å². The van der Waals surface area contributed by atoms with E-state index in [1.54, 1.807) is 11.1 Å². The van der Waals surface area contributed by atoms with E-state index in [-0.39, 0.29) is 17.8 Å². The molecule has 1 aromatic carbocycles. The van der Waals surface area contributed by atoms with Gasteiger partial charge in [-0.25, -0.2) is 18.7 Å². The number of carbonyl (C=O) groups excluding carboxylic acids is 1. The standard InChI is InChI=1S/C25H28F2N6O3/c1-2-33-13-16(12-28-33)24-25(30-20-7-10-32(23(35)15-34)14-21(20)29-24)31-8-5-18(6-9-31)36-22-4-3-17(26)11-19(22)27/h3-4,11-13,18,34H,2,5-10,14-15H2,1H3. The third-order valence-corrected chi connectivity index (χ3v) is 6.64. The normalized spacial score (nSPS) is 16.2. The molecule has 0 spiro atoms. The summed E-state index contributed by atoms with van der Waals surface area (Å²) >= 11 is 0. The van der Waals surface area contributed by atoms with Gasteiger partial charge in [-0.2, -0.15) is 5.10 Å². The Morgan fingerprint density at radius 3 is 2.67 bits per heavy atom. The zero-order valence-electron chi connectivity index (χ0n) is 20.0. The number of halogens is 2. The first-order valence-corrected chi connectivity index (χ1v) is 12.1. The van der Waals surface area contributed by atoms with Gasteiger partial charge in [0.1, 0.15) is 24.2 Å². The molecule has 2 aromatic heterocycles. The van der Waals surface area contributed by atoms with Crippen LogP contribution in [0.4, 0.5) is 14.6 Å². The lowest BCUT2D eigenvalue weighted by molar-refractivity contribution is -0.135. The minimum absolute atomic E-state index is 0.0538. The average Bonchev–Trinajstić information content (AvgIpc) is 3.38. The number of aromatic nitrogens is 4. The van der Waals surface area contributed by atoms with E-state index in [0.717, 1.165) is 35.4 Å². The third kappa shape index (κ3) is 4.88. The number of hydrogen-bond acceptors (Lipinski definition) is 7. The second kappa shape index (κ2) is 10.2. The maximum atomic E-state index is 14.0. The quantitative estimate of drug-likeness (QED) is 0.558. The fourth-order valence-corrected chi connectivity index (χ4v) is 4.64. The van der Waals surface area contributed by atoms with Gasteiger partial charge < -0.3 is 19.6 Å². The van der Waals surface area contributed by atoms with E-state index >= 15 is 0 Å². The Labute approximate surface area is 207 Å². The third-order valence-electron chi connectivity index (χ3n) is 6.64. The lowest BCUT2D eigenvalue weighted by atomic mass is 10.1. The summed E-state index contributed by atoms with van der Waals surface area (Å²) in [6.07, 6.45) is 5.32. The summed E-state index contributed by atoms with van der Waals surface area (Å²) in [5.74, 6) is -0.868. The number of aliphatic hydroxyl groups excluding tert-OH is 1. The lowest BCUT2D eigenvalue weighted by Crippen LogP contribution is -2.41. The number of anilines is 1. The number of rotatable bonds is 6. The molecule has 1 fully saturated rings. The second-order valence-corrected chi connectivity index (χ2v) is 8.98. The molecule has 4 heterocycles. The molecule has 1 saturated heterocycles. The Bertz CT molecular complexity index is 1260. The van der Waals surface area contributed by atoms with Crippen molar-refractivity contribution in [2.45, 2.75) is 45.4 Å². The largest absolute Gasteiger partial charge is 0.487 e. The van der Waals surface area contributed by atoms with Crippen LogP contribution in [0, 0.1) is 11.6 Å². The number of carbonyl (C=O) groups is 1. The maximum Gasteiger partial charge on any atom is 0.248 e. The van der Waals surface area contributed by atoms with Gasteiger partial charge in [0.15, 0.2) is 17.4 Å². The van der Waals surface area contributed by atoms with Gasteiger partial charge in [0.2, 0.25) is 5.91 Å². The number of hydrogen-bond donors (Lipinski definition) is 1. The minimum atomic E-state index is -0.707. The van der Waals surface area contributed by atoms with Crippen LogP contribution >= 0.6 is 0 Å². The zero-order valence-corrected chi connectivity index (χ0v) is 20.0. The Balaban J connectivity index is 1.39. The summed E-state index contributed by atoms with van der Waals surface area (Å²) < 4.78 is 34.9. The molecule has 0 radical (unpaired) electrons. The number of fused-ring (bicyclic) bond motifs is 1. The van der Waals surface area contributed by atoms with Gasteiger partial charge in [-0.05, 0) is 19.1 Å². The van der Waals surface area contributed by atoms with Gasteiger partial charge in [0.25, 0.3) is 0 Å². The Morgan fingerprint density at radius 1 is 1.17 bits per heavy atom. The Morgan fingerprint density at radius 2 is 1.97 bits per heavy atom. The maximum absolute atomic E-state index is 14.0. The average molecular weight is 499 g/mol. The number of aryl methyl sites for hydroxylation is 1. The van der Waals surface area contributed by atoms with E-state index in [2.05, 4.69) is 10.00 Å². The Kier molecular flexibility index (Phi) is 6.82. The topological polar surface area (TPSA) is 96.6 Å². The van der Waals surface area contributed by atoms with Crippen LogP contribution in [0.1, 0.15) is 31.2 Å². The van der Waals surface area contributed by atoms with Gasteiger partial charge in [-0.1, -0.05) is 0 Å². The number of aliphatic hydroxyl groups is 1. The molecule has 2 aliphatic rings. The molecule has 1 N–H and O–H groups in total. The minimum Gasteiger partial charge on any atom is -0.487 e. The van der Waals surface area contributed by atoms with Crippen LogP contribution in [0.5, 0.6) is 5.75 Å². The molecule has 0 aliphatic carbocycles. The number of piperidine rings is 1. The van der Waals surface area contributed by atoms with Crippen molar-refractivity contribution in [3.63, 3.8) is 0 Å². The molecule has 3 aromatic rings. The summed E-state index contributed by atoms with van der Waals surface area (Å²) in [4.78, 5) is 25.7. The molecule has 9 nitrogen and oxygen atoms in total. The van der Waals surface area contributed by atoms with Crippen molar-refractivity contribution in [3.8, 4) is 17.0 Å². The second-order valence-electron chi connectivity index (χ2n) is 8.98. The summed E-state index contributed by atoms with van der Waals surface area (Å²) in [5, 5.41) is 13.7. The summed E-state index contributed by atoms with van der Waals surface area (Å²) in [6, 6.07) is 3.33. The molecule has 1 amide bonds. The van der Waals surface area contributed by atoms with Gasteiger partial charge in [0, 0.05) is 63.3 Å². The molecule has 5 rings (SSSR count). The van der Waals surface area contributed by atoms with E-state index in [0.29, 0.717) is 51.1 Å². The summed E-state index contributed by atoms with van der Waals surface area (Å²) in [6.45, 7) is 4.23. The predicted octanol–water partition coefficient (Wildman–Crippen LogP) is 2.56.